The Morgan fingerprint density at radius 1 is 1.35 bits per heavy atom. The third-order valence-corrected chi connectivity index (χ3v) is 3.20. The summed E-state index contributed by atoms with van der Waals surface area (Å²) in [6.45, 7) is 2.52. The fourth-order valence-corrected chi connectivity index (χ4v) is 2.09. The first-order chi connectivity index (χ1) is 11.1. The van der Waals surface area contributed by atoms with E-state index >= 15 is 0 Å². The lowest BCUT2D eigenvalue weighted by molar-refractivity contribution is -0.383. The van der Waals surface area contributed by atoms with Crippen LogP contribution in [0.15, 0.2) is 24.5 Å². The Balaban J connectivity index is 2.43. The van der Waals surface area contributed by atoms with E-state index in [1.54, 1.807) is 18.2 Å². The average Bonchev–Trinajstić information content (AvgIpc) is 2.53. The molecule has 0 aliphatic heterocycles. The lowest BCUT2D eigenvalue weighted by Gasteiger charge is -2.12. The minimum atomic E-state index is -0.530. The summed E-state index contributed by atoms with van der Waals surface area (Å²) in [5.74, 6) is 0.713. The van der Waals surface area contributed by atoms with Crippen LogP contribution in [0.1, 0.15) is 13.3 Å². The van der Waals surface area contributed by atoms with Crippen molar-refractivity contribution in [2.45, 2.75) is 13.3 Å². The summed E-state index contributed by atoms with van der Waals surface area (Å²) in [5.41, 5.74) is 0.242. The van der Waals surface area contributed by atoms with Crippen molar-refractivity contribution in [3.63, 3.8) is 0 Å². The van der Waals surface area contributed by atoms with Crippen LogP contribution < -0.4 is 15.4 Å². The summed E-state index contributed by atoms with van der Waals surface area (Å²) < 4.78 is 5.22. The van der Waals surface area contributed by atoms with Gasteiger partial charge in [-0.05, 0) is 24.6 Å². The first-order valence-electron chi connectivity index (χ1n) is 6.90. The highest BCUT2D eigenvalue weighted by Gasteiger charge is 2.23. The first kappa shape index (κ1) is 16.8. The van der Waals surface area contributed by atoms with Crippen molar-refractivity contribution in [2.75, 3.05) is 24.3 Å². The van der Waals surface area contributed by atoms with Crippen LogP contribution in [0.25, 0.3) is 0 Å². The Bertz CT molecular complexity index is 711. The molecule has 2 aromatic rings. The average molecular weight is 338 g/mol. The molecule has 0 aliphatic carbocycles. The van der Waals surface area contributed by atoms with Crippen molar-refractivity contribution in [3.05, 3.63) is 39.7 Å². The van der Waals surface area contributed by atoms with Crippen LogP contribution in [0.3, 0.4) is 0 Å². The quantitative estimate of drug-likeness (QED) is 0.587. The molecular formula is C14H16ClN5O3. The largest absolute Gasteiger partial charge is 0.495 e. The van der Waals surface area contributed by atoms with Gasteiger partial charge in [0.1, 0.15) is 12.1 Å². The smallest absolute Gasteiger partial charge is 0.353 e. The van der Waals surface area contributed by atoms with E-state index in [0.717, 1.165) is 6.42 Å². The minimum Gasteiger partial charge on any atom is -0.495 e. The molecule has 0 aliphatic rings. The minimum absolute atomic E-state index is 0.0594. The zero-order valence-corrected chi connectivity index (χ0v) is 13.4. The lowest BCUT2D eigenvalue weighted by atomic mass is 10.3. The number of hydrogen-bond donors (Lipinski definition) is 2. The van der Waals surface area contributed by atoms with Gasteiger partial charge in [-0.3, -0.25) is 10.1 Å². The summed E-state index contributed by atoms with van der Waals surface area (Å²) >= 11 is 5.97. The van der Waals surface area contributed by atoms with Crippen molar-refractivity contribution in [1.29, 1.82) is 0 Å². The number of nitrogens with one attached hydrogen (secondary N) is 2. The molecule has 0 fully saturated rings. The van der Waals surface area contributed by atoms with E-state index in [9.17, 15) is 10.1 Å². The fourth-order valence-electron chi connectivity index (χ4n) is 1.92. The number of halogens is 1. The highest BCUT2D eigenvalue weighted by Crippen LogP contribution is 2.35. The fraction of sp³-hybridized carbons (Fsp3) is 0.286. The topological polar surface area (TPSA) is 102 Å². The van der Waals surface area contributed by atoms with Crippen molar-refractivity contribution in [1.82, 2.24) is 9.97 Å². The maximum Gasteiger partial charge on any atom is 0.353 e. The number of anilines is 3. The van der Waals surface area contributed by atoms with Gasteiger partial charge in [0.15, 0.2) is 0 Å². The molecule has 1 aromatic heterocycles. The maximum atomic E-state index is 11.4. The molecule has 122 valence electrons. The van der Waals surface area contributed by atoms with Crippen LogP contribution >= 0.6 is 11.6 Å². The van der Waals surface area contributed by atoms with Gasteiger partial charge < -0.3 is 15.4 Å². The Kier molecular flexibility index (Phi) is 5.53. The van der Waals surface area contributed by atoms with Crippen molar-refractivity contribution in [3.8, 4) is 5.75 Å². The van der Waals surface area contributed by atoms with Gasteiger partial charge in [-0.1, -0.05) is 18.5 Å². The monoisotopic (exact) mass is 337 g/mol. The van der Waals surface area contributed by atoms with Gasteiger partial charge in [0.25, 0.3) is 0 Å². The lowest BCUT2D eigenvalue weighted by Crippen LogP contribution is -2.09. The van der Waals surface area contributed by atoms with E-state index in [1.165, 1.54) is 13.4 Å². The van der Waals surface area contributed by atoms with Crippen molar-refractivity contribution < 1.29 is 9.66 Å². The van der Waals surface area contributed by atoms with Crippen LogP contribution in [-0.2, 0) is 0 Å². The van der Waals surface area contributed by atoms with E-state index in [-0.39, 0.29) is 17.3 Å². The van der Waals surface area contributed by atoms with Crippen LogP contribution in [0.4, 0.5) is 23.0 Å². The van der Waals surface area contributed by atoms with Gasteiger partial charge in [-0.2, -0.15) is 0 Å². The summed E-state index contributed by atoms with van der Waals surface area (Å²) in [4.78, 5) is 18.8. The highest BCUT2D eigenvalue weighted by atomic mass is 35.5. The first-order valence-corrected chi connectivity index (χ1v) is 7.28. The Hall–Kier alpha value is -2.61. The van der Waals surface area contributed by atoms with Crippen molar-refractivity contribution >= 4 is 34.6 Å². The standard InChI is InChI=1S/C14H16ClN5O3/c1-3-6-16-13-12(20(21)22)14(18-8-17-13)19-10-7-9(15)4-5-11(10)23-2/h4-5,7-8H,3,6H2,1-2H3,(H2,16,17,18,19). The number of benzene rings is 1. The zero-order chi connectivity index (χ0) is 16.8. The predicted molar refractivity (Wildman–Crippen MR) is 88.8 cm³/mol. The summed E-state index contributed by atoms with van der Waals surface area (Å²) in [5, 5.41) is 17.7. The summed E-state index contributed by atoms with van der Waals surface area (Å²) in [6, 6.07) is 4.92. The number of hydrogen-bond acceptors (Lipinski definition) is 7. The van der Waals surface area contributed by atoms with Gasteiger partial charge in [0.2, 0.25) is 11.6 Å². The molecule has 0 spiro atoms. The number of ether oxygens (including phenoxy) is 1. The normalized spacial score (nSPS) is 10.2. The van der Waals surface area contributed by atoms with Gasteiger partial charge in [-0.15, -0.1) is 0 Å². The van der Waals surface area contributed by atoms with Gasteiger partial charge >= 0.3 is 5.69 Å². The molecule has 8 nitrogen and oxygen atoms in total. The van der Waals surface area contributed by atoms with Crippen LogP contribution in [0, 0.1) is 10.1 Å². The second-order valence-corrected chi connectivity index (χ2v) is 5.01. The van der Waals surface area contributed by atoms with Gasteiger partial charge in [0.05, 0.1) is 17.7 Å². The Morgan fingerprint density at radius 3 is 2.74 bits per heavy atom. The Labute approximate surface area is 138 Å². The second-order valence-electron chi connectivity index (χ2n) is 4.57. The van der Waals surface area contributed by atoms with E-state index in [2.05, 4.69) is 20.6 Å². The number of methoxy groups -OCH3 is 1. The number of rotatable bonds is 7. The van der Waals surface area contributed by atoms with E-state index in [1.807, 2.05) is 6.92 Å². The molecule has 1 heterocycles. The molecule has 2 rings (SSSR count). The SMILES string of the molecule is CCCNc1ncnc(Nc2cc(Cl)ccc2OC)c1[N+](=O)[O-]. The predicted octanol–water partition coefficient (Wildman–Crippen LogP) is 3.61. The third-order valence-electron chi connectivity index (χ3n) is 2.96. The van der Waals surface area contributed by atoms with Gasteiger partial charge in [-0.25, -0.2) is 9.97 Å². The van der Waals surface area contributed by atoms with Crippen LogP contribution in [0.2, 0.25) is 5.02 Å². The molecule has 1 aromatic carbocycles. The molecule has 0 saturated carbocycles. The molecule has 23 heavy (non-hydrogen) atoms. The molecule has 0 amide bonds. The molecule has 2 N–H and O–H groups in total. The van der Waals surface area contributed by atoms with Crippen LogP contribution in [0.5, 0.6) is 5.75 Å². The molecule has 0 unspecified atom stereocenters. The maximum absolute atomic E-state index is 11.4. The Morgan fingerprint density at radius 2 is 2.09 bits per heavy atom. The van der Waals surface area contributed by atoms with E-state index in [4.69, 9.17) is 16.3 Å². The molecular weight excluding hydrogens is 322 g/mol. The molecule has 0 atom stereocenters. The highest BCUT2D eigenvalue weighted by molar-refractivity contribution is 6.31. The van der Waals surface area contributed by atoms with E-state index in [0.29, 0.717) is 23.0 Å². The summed E-state index contributed by atoms with van der Waals surface area (Å²) in [7, 11) is 1.50. The van der Waals surface area contributed by atoms with Crippen molar-refractivity contribution in [2.24, 2.45) is 0 Å². The molecule has 0 bridgehead atoms. The number of nitro groups is 1. The number of nitrogens with zero attached hydrogens (tertiary/aromatic N) is 3. The zero-order valence-electron chi connectivity index (χ0n) is 12.7. The number of aromatic nitrogens is 2. The molecule has 0 saturated heterocycles. The third kappa shape index (κ3) is 3.98. The van der Waals surface area contributed by atoms with Gasteiger partial charge in [0, 0.05) is 11.6 Å². The van der Waals surface area contributed by atoms with E-state index < -0.39 is 4.92 Å². The second kappa shape index (κ2) is 7.59. The molecule has 9 heteroatoms. The molecule has 0 radical (unpaired) electrons. The van der Waals surface area contributed by atoms with Crippen LogP contribution in [-0.4, -0.2) is 28.5 Å². The summed E-state index contributed by atoms with van der Waals surface area (Å²) in [6.07, 6.45) is 2.07.